The van der Waals surface area contributed by atoms with Crippen LogP contribution in [0.15, 0.2) is 41.8 Å². The molecule has 1 heterocycles. The number of carbonyl (C=O) groups is 2. The molecule has 0 saturated carbocycles. The van der Waals surface area contributed by atoms with Crippen molar-refractivity contribution in [3.63, 3.8) is 0 Å². The van der Waals surface area contributed by atoms with Gasteiger partial charge in [-0.25, -0.2) is 0 Å². The second kappa shape index (κ2) is 6.75. The van der Waals surface area contributed by atoms with Crippen molar-refractivity contribution in [2.45, 2.75) is 26.2 Å². The Hall–Kier alpha value is -2.14. The Kier molecular flexibility index (Phi) is 4.98. The van der Waals surface area contributed by atoms with Gasteiger partial charge in [-0.05, 0) is 28.5 Å². The van der Waals surface area contributed by atoms with Crippen LogP contribution in [0.3, 0.4) is 0 Å². The molecule has 22 heavy (non-hydrogen) atoms. The fourth-order valence-corrected chi connectivity index (χ4v) is 2.74. The molecule has 0 radical (unpaired) electrons. The third-order valence-corrected chi connectivity index (χ3v) is 4.03. The van der Waals surface area contributed by atoms with Crippen LogP contribution in [0, 0.1) is 0 Å². The van der Waals surface area contributed by atoms with Crippen molar-refractivity contribution in [3.05, 3.63) is 52.2 Å². The largest absolute Gasteiger partial charge is 0.342 e. The number of carbonyl (C=O) groups excluding carboxylic acids is 2. The highest BCUT2D eigenvalue weighted by atomic mass is 32.1. The zero-order valence-corrected chi connectivity index (χ0v) is 13.8. The number of benzene rings is 1. The first-order chi connectivity index (χ1) is 10.4. The van der Waals surface area contributed by atoms with Gasteiger partial charge >= 0.3 is 0 Å². The van der Waals surface area contributed by atoms with Crippen molar-refractivity contribution >= 4 is 28.8 Å². The van der Waals surface area contributed by atoms with Crippen molar-refractivity contribution in [2.24, 2.45) is 0 Å². The molecule has 2 N–H and O–H groups in total. The van der Waals surface area contributed by atoms with Crippen LogP contribution in [0.4, 0.5) is 5.69 Å². The van der Waals surface area contributed by atoms with Gasteiger partial charge in [0.1, 0.15) is 0 Å². The molecule has 0 saturated heterocycles. The molecule has 0 aliphatic carbocycles. The third-order valence-electron chi connectivity index (χ3n) is 3.16. The van der Waals surface area contributed by atoms with E-state index in [0.717, 1.165) is 11.3 Å². The van der Waals surface area contributed by atoms with Crippen molar-refractivity contribution in [2.75, 3.05) is 11.9 Å². The normalized spacial score (nSPS) is 11.0. The smallest absolute Gasteiger partial charge is 0.261 e. The second-order valence-corrected chi connectivity index (χ2v) is 6.95. The maximum atomic E-state index is 12.0. The highest BCUT2D eigenvalue weighted by Gasteiger charge is 2.18. The molecule has 0 atom stereocenters. The standard InChI is InChI=1S/C17H20N2O2S/c1-17(2,3)12-7-4-5-8-13(12)19-15(20)11-18-16(21)14-9-6-10-22-14/h4-10H,11H2,1-3H3,(H,18,21)(H,19,20). The molecule has 1 aromatic heterocycles. The molecule has 4 nitrogen and oxygen atoms in total. The molecular weight excluding hydrogens is 296 g/mol. The maximum absolute atomic E-state index is 12.0. The van der Waals surface area contributed by atoms with Crippen LogP contribution in [0.25, 0.3) is 0 Å². The number of anilines is 1. The first-order valence-corrected chi connectivity index (χ1v) is 7.97. The molecule has 116 valence electrons. The van der Waals surface area contributed by atoms with E-state index in [0.29, 0.717) is 4.88 Å². The van der Waals surface area contributed by atoms with Gasteiger partial charge in [-0.3, -0.25) is 9.59 Å². The predicted octanol–water partition coefficient (Wildman–Crippen LogP) is 3.41. The molecule has 5 heteroatoms. The minimum Gasteiger partial charge on any atom is -0.342 e. The Balaban J connectivity index is 1.97. The maximum Gasteiger partial charge on any atom is 0.261 e. The van der Waals surface area contributed by atoms with Crippen LogP contribution in [-0.2, 0) is 10.2 Å². The number of hydrogen-bond acceptors (Lipinski definition) is 3. The lowest BCUT2D eigenvalue weighted by Crippen LogP contribution is -2.33. The Morgan fingerprint density at radius 2 is 1.82 bits per heavy atom. The SMILES string of the molecule is CC(C)(C)c1ccccc1NC(=O)CNC(=O)c1cccs1. The lowest BCUT2D eigenvalue weighted by atomic mass is 9.86. The number of rotatable bonds is 4. The van der Waals surface area contributed by atoms with Crippen molar-refractivity contribution in [3.8, 4) is 0 Å². The Morgan fingerprint density at radius 3 is 2.45 bits per heavy atom. The van der Waals surface area contributed by atoms with E-state index in [-0.39, 0.29) is 23.8 Å². The zero-order chi connectivity index (χ0) is 16.2. The highest BCUT2D eigenvalue weighted by Crippen LogP contribution is 2.29. The predicted molar refractivity (Wildman–Crippen MR) is 90.4 cm³/mol. The van der Waals surface area contributed by atoms with Crippen LogP contribution >= 0.6 is 11.3 Å². The van der Waals surface area contributed by atoms with Gasteiger partial charge in [0.25, 0.3) is 5.91 Å². The number of hydrogen-bond donors (Lipinski definition) is 2. The molecule has 0 aliphatic heterocycles. The fraction of sp³-hybridized carbons (Fsp3) is 0.294. The van der Waals surface area contributed by atoms with Crippen molar-refractivity contribution in [1.82, 2.24) is 5.32 Å². The Morgan fingerprint density at radius 1 is 1.09 bits per heavy atom. The molecule has 2 rings (SSSR count). The van der Waals surface area contributed by atoms with Crippen LogP contribution in [0.2, 0.25) is 0 Å². The van der Waals surface area contributed by atoms with E-state index in [9.17, 15) is 9.59 Å². The van der Waals surface area contributed by atoms with Crippen molar-refractivity contribution < 1.29 is 9.59 Å². The molecule has 0 fully saturated rings. The molecule has 0 unspecified atom stereocenters. The molecule has 2 aromatic rings. The van der Waals surface area contributed by atoms with E-state index in [4.69, 9.17) is 0 Å². The summed E-state index contributed by atoms with van der Waals surface area (Å²) in [5.41, 5.74) is 1.78. The number of nitrogens with one attached hydrogen (secondary N) is 2. The molecule has 0 aliphatic rings. The summed E-state index contributed by atoms with van der Waals surface area (Å²) in [6, 6.07) is 11.2. The van der Waals surface area contributed by atoms with Gasteiger partial charge in [0.15, 0.2) is 0 Å². The van der Waals surface area contributed by atoms with Crippen LogP contribution < -0.4 is 10.6 Å². The average molecular weight is 316 g/mol. The topological polar surface area (TPSA) is 58.2 Å². The van der Waals surface area contributed by atoms with E-state index in [1.165, 1.54) is 11.3 Å². The molecular formula is C17H20N2O2S. The van der Waals surface area contributed by atoms with Crippen LogP contribution in [0.1, 0.15) is 36.0 Å². The molecule has 0 bridgehead atoms. The summed E-state index contributed by atoms with van der Waals surface area (Å²) < 4.78 is 0. The minimum atomic E-state index is -0.235. The summed E-state index contributed by atoms with van der Waals surface area (Å²) in [6.07, 6.45) is 0. The van der Waals surface area contributed by atoms with Gasteiger partial charge in [0.05, 0.1) is 11.4 Å². The monoisotopic (exact) mass is 316 g/mol. The quantitative estimate of drug-likeness (QED) is 0.908. The molecule has 1 aromatic carbocycles. The lowest BCUT2D eigenvalue weighted by Gasteiger charge is -2.23. The Bertz CT molecular complexity index is 658. The zero-order valence-electron chi connectivity index (χ0n) is 13.0. The number of thiophene rings is 1. The summed E-state index contributed by atoms with van der Waals surface area (Å²) >= 11 is 1.35. The summed E-state index contributed by atoms with van der Waals surface area (Å²) in [7, 11) is 0. The van der Waals surface area contributed by atoms with Gasteiger partial charge in [0.2, 0.25) is 5.91 Å². The first-order valence-electron chi connectivity index (χ1n) is 7.09. The van der Waals surface area contributed by atoms with Gasteiger partial charge < -0.3 is 10.6 Å². The average Bonchev–Trinajstić information content (AvgIpc) is 2.98. The highest BCUT2D eigenvalue weighted by molar-refractivity contribution is 7.12. The van der Waals surface area contributed by atoms with E-state index < -0.39 is 0 Å². The fourth-order valence-electron chi connectivity index (χ4n) is 2.10. The summed E-state index contributed by atoms with van der Waals surface area (Å²) in [5, 5.41) is 7.32. The Labute approximate surface area is 134 Å². The van der Waals surface area contributed by atoms with Crippen LogP contribution in [0.5, 0.6) is 0 Å². The number of para-hydroxylation sites is 1. The van der Waals surface area contributed by atoms with E-state index >= 15 is 0 Å². The molecule has 2 amide bonds. The summed E-state index contributed by atoms with van der Waals surface area (Å²) in [6.45, 7) is 6.24. The van der Waals surface area contributed by atoms with E-state index in [1.807, 2.05) is 29.6 Å². The number of amides is 2. The first kappa shape index (κ1) is 16.2. The van der Waals surface area contributed by atoms with E-state index in [2.05, 4.69) is 31.4 Å². The van der Waals surface area contributed by atoms with E-state index in [1.54, 1.807) is 12.1 Å². The third kappa shape index (κ3) is 4.18. The van der Waals surface area contributed by atoms with Gasteiger partial charge in [0, 0.05) is 5.69 Å². The second-order valence-electron chi connectivity index (χ2n) is 6.00. The summed E-state index contributed by atoms with van der Waals surface area (Å²) in [5.74, 6) is -0.462. The summed E-state index contributed by atoms with van der Waals surface area (Å²) in [4.78, 5) is 24.5. The van der Waals surface area contributed by atoms with Gasteiger partial charge in [-0.2, -0.15) is 0 Å². The van der Waals surface area contributed by atoms with Gasteiger partial charge in [-0.1, -0.05) is 45.0 Å². The van der Waals surface area contributed by atoms with Gasteiger partial charge in [-0.15, -0.1) is 11.3 Å². The minimum absolute atomic E-state index is 0.0464. The molecule has 0 spiro atoms. The van der Waals surface area contributed by atoms with Crippen LogP contribution in [-0.4, -0.2) is 18.4 Å². The van der Waals surface area contributed by atoms with Crippen molar-refractivity contribution in [1.29, 1.82) is 0 Å². The lowest BCUT2D eigenvalue weighted by molar-refractivity contribution is -0.115.